The van der Waals surface area contributed by atoms with E-state index in [0.29, 0.717) is 17.2 Å². The summed E-state index contributed by atoms with van der Waals surface area (Å²) in [4.78, 5) is 20.3. The lowest BCUT2D eigenvalue weighted by molar-refractivity contribution is 0.0959. The molecule has 0 aromatic carbocycles. The number of thiazole rings is 1. The molecule has 2 aromatic heterocycles. The van der Waals surface area contributed by atoms with Gasteiger partial charge in [-0.2, -0.15) is 0 Å². The van der Waals surface area contributed by atoms with Gasteiger partial charge in [0.25, 0.3) is 5.91 Å². The quantitative estimate of drug-likeness (QED) is 0.821. The first-order valence-electron chi connectivity index (χ1n) is 6.97. The summed E-state index contributed by atoms with van der Waals surface area (Å²) in [5.41, 5.74) is 5.87. The van der Waals surface area contributed by atoms with Crippen LogP contribution in [-0.4, -0.2) is 30.5 Å². The fourth-order valence-electron chi connectivity index (χ4n) is 1.95. The highest BCUT2D eigenvalue weighted by Gasteiger charge is 2.18. The fraction of sp³-hybridized carbons (Fsp3) is 0.429. The number of carbonyl (C=O) groups is 1. The minimum atomic E-state index is -0.139. The zero-order valence-corrected chi connectivity index (χ0v) is 13.9. The van der Waals surface area contributed by atoms with Gasteiger partial charge in [-0.1, -0.05) is 17.4 Å². The van der Waals surface area contributed by atoms with E-state index in [1.807, 2.05) is 11.4 Å². The summed E-state index contributed by atoms with van der Waals surface area (Å²) in [7, 11) is 0. The predicted octanol–water partition coefficient (Wildman–Crippen LogP) is 2.61. The van der Waals surface area contributed by atoms with E-state index in [1.54, 1.807) is 11.3 Å². The van der Waals surface area contributed by atoms with Crippen molar-refractivity contribution in [3.8, 4) is 0 Å². The Bertz CT molecular complexity index is 576. The third-order valence-electron chi connectivity index (χ3n) is 3.12. The van der Waals surface area contributed by atoms with Crippen LogP contribution in [0.15, 0.2) is 17.5 Å². The molecule has 0 aliphatic rings. The number of amides is 1. The lowest BCUT2D eigenvalue weighted by Gasteiger charge is -2.16. The molecule has 2 rings (SSSR count). The van der Waals surface area contributed by atoms with Gasteiger partial charge >= 0.3 is 0 Å². The van der Waals surface area contributed by atoms with Gasteiger partial charge in [0.05, 0.1) is 0 Å². The number of thiophene rings is 1. The number of carbonyl (C=O) groups excluding carboxylic acids is 1. The number of nitrogens with one attached hydrogen (secondary N) is 1. The summed E-state index contributed by atoms with van der Waals surface area (Å²) in [5.74, 6) is 0.176. The van der Waals surface area contributed by atoms with Crippen molar-refractivity contribution in [1.82, 2.24) is 10.3 Å². The van der Waals surface area contributed by atoms with E-state index in [1.165, 1.54) is 16.2 Å². The minimum Gasteiger partial charge on any atom is -0.382 e. The summed E-state index contributed by atoms with van der Waals surface area (Å²) < 4.78 is 0. The topological polar surface area (TPSA) is 71.2 Å². The number of nitrogens with two attached hydrogens (primary N) is 1. The molecule has 0 aliphatic carbocycles. The van der Waals surface area contributed by atoms with E-state index in [0.717, 1.165) is 24.6 Å². The summed E-state index contributed by atoms with van der Waals surface area (Å²) in [6.07, 6.45) is 0.838. The predicted molar refractivity (Wildman–Crippen MR) is 90.4 cm³/mol. The van der Waals surface area contributed by atoms with Crippen LogP contribution < -0.4 is 16.0 Å². The number of hydrogen-bond acceptors (Lipinski definition) is 6. The second-order valence-corrected chi connectivity index (χ2v) is 6.48. The molecule has 0 atom stereocenters. The molecule has 1 amide bonds. The lowest BCUT2D eigenvalue weighted by atomic mass is 10.3. The Hall–Kier alpha value is -1.60. The number of nitrogens with zero attached hydrogens (tertiary/aromatic N) is 2. The SMILES string of the molecule is CCN(CC)c1nc(N)c(C(=O)NCCc2cccs2)s1. The van der Waals surface area contributed by atoms with Crippen molar-refractivity contribution in [2.45, 2.75) is 20.3 Å². The van der Waals surface area contributed by atoms with Gasteiger partial charge in [-0.25, -0.2) is 4.98 Å². The molecule has 21 heavy (non-hydrogen) atoms. The van der Waals surface area contributed by atoms with E-state index < -0.39 is 0 Å². The maximum Gasteiger partial charge on any atom is 0.265 e. The van der Waals surface area contributed by atoms with Crippen molar-refractivity contribution in [2.24, 2.45) is 0 Å². The van der Waals surface area contributed by atoms with Crippen molar-refractivity contribution < 1.29 is 4.79 Å². The van der Waals surface area contributed by atoms with Gasteiger partial charge in [0.15, 0.2) is 5.13 Å². The maximum absolute atomic E-state index is 12.2. The van der Waals surface area contributed by atoms with Crippen LogP contribution >= 0.6 is 22.7 Å². The van der Waals surface area contributed by atoms with Crippen molar-refractivity contribution >= 4 is 39.5 Å². The highest BCUT2D eigenvalue weighted by atomic mass is 32.1. The van der Waals surface area contributed by atoms with Crippen LogP contribution in [0.2, 0.25) is 0 Å². The molecular formula is C14H20N4OS2. The Balaban J connectivity index is 1.95. The van der Waals surface area contributed by atoms with Gasteiger partial charge in [0.2, 0.25) is 0 Å². The van der Waals surface area contributed by atoms with E-state index in [-0.39, 0.29) is 5.91 Å². The first-order valence-corrected chi connectivity index (χ1v) is 8.67. The van der Waals surface area contributed by atoms with Gasteiger partial charge in [-0.05, 0) is 31.7 Å². The van der Waals surface area contributed by atoms with Crippen molar-refractivity contribution in [1.29, 1.82) is 0 Å². The standard InChI is InChI=1S/C14H20N4OS2/c1-3-18(4-2)14-17-12(15)11(21-14)13(19)16-8-7-10-6-5-9-20-10/h5-6,9H,3-4,7-8,15H2,1-2H3,(H,16,19). The van der Waals surface area contributed by atoms with Gasteiger partial charge in [-0.3, -0.25) is 4.79 Å². The monoisotopic (exact) mass is 324 g/mol. The number of anilines is 2. The third-order valence-corrected chi connectivity index (χ3v) is 5.19. The van der Waals surface area contributed by atoms with Crippen LogP contribution in [0, 0.1) is 0 Å². The fourth-order valence-corrected chi connectivity index (χ4v) is 3.68. The lowest BCUT2D eigenvalue weighted by Crippen LogP contribution is -2.25. The smallest absolute Gasteiger partial charge is 0.265 e. The summed E-state index contributed by atoms with van der Waals surface area (Å²) in [6.45, 7) is 6.42. The zero-order valence-electron chi connectivity index (χ0n) is 12.3. The molecule has 7 heteroatoms. The molecule has 0 spiro atoms. The van der Waals surface area contributed by atoms with Crippen molar-refractivity contribution in [3.05, 3.63) is 27.3 Å². The molecule has 2 aromatic rings. The normalized spacial score (nSPS) is 10.6. The van der Waals surface area contributed by atoms with Crippen LogP contribution in [0.4, 0.5) is 10.9 Å². The molecule has 3 N–H and O–H groups in total. The Morgan fingerprint density at radius 1 is 1.43 bits per heavy atom. The van der Waals surface area contributed by atoms with E-state index in [2.05, 4.69) is 35.1 Å². The van der Waals surface area contributed by atoms with Crippen molar-refractivity contribution in [3.63, 3.8) is 0 Å². The van der Waals surface area contributed by atoms with Crippen LogP contribution in [-0.2, 0) is 6.42 Å². The molecular weight excluding hydrogens is 304 g/mol. The summed E-state index contributed by atoms with van der Waals surface area (Å²) in [6, 6.07) is 4.08. The van der Waals surface area contributed by atoms with Crippen LogP contribution in [0.5, 0.6) is 0 Å². The van der Waals surface area contributed by atoms with Gasteiger partial charge in [0, 0.05) is 24.5 Å². The number of hydrogen-bond donors (Lipinski definition) is 2. The molecule has 0 saturated carbocycles. The van der Waals surface area contributed by atoms with E-state index in [9.17, 15) is 4.79 Å². The highest BCUT2D eigenvalue weighted by molar-refractivity contribution is 7.18. The van der Waals surface area contributed by atoms with Crippen LogP contribution in [0.3, 0.4) is 0 Å². The molecule has 0 bridgehead atoms. The largest absolute Gasteiger partial charge is 0.382 e. The summed E-state index contributed by atoms with van der Waals surface area (Å²) >= 11 is 3.05. The van der Waals surface area contributed by atoms with Gasteiger partial charge in [0.1, 0.15) is 10.7 Å². The van der Waals surface area contributed by atoms with Gasteiger partial charge < -0.3 is 16.0 Å². The summed E-state index contributed by atoms with van der Waals surface area (Å²) in [5, 5.41) is 5.75. The van der Waals surface area contributed by atoms with Gasteiger partial charge in [-0.15, -0.1) is 11.3 Å². The molecule has 114 valence electrons. The number of aromatic nitrogens is 1. The first kappa shape index (κ1) is 15.8. The Morgan fingerprint density at radius 3 is 2.81 bits per heavy atom. The van der Waals surface area contributed by atoms with Crippen molar-refractivity contribution in [2.75, 3.05) is 30.3 Å². The molecule has 2 heterocycles. The zero-order chi connectivity index (χ0) is 15.2. The number of nitrogen functional groups attached to an aromatic ring is 1. The van der Waals surface area contributed by atoms with E-state index in [4.69, 9.17) is 5.73 Å². The van der Waals surface area contributed by atoms with Crippen LogP contribution in [0.1, 0.15) is 28.4 Å². The molecule has 0 radical (unpaired) electrons. The Morgan fingerprint density at radius 2 is 2.19 bits per heavy atom. The molecule has 0 fully saturated rings. The van der Waals surface area contributed by atoms with E-state index >= 15 is 0 Å². The first-order chi connectivity index (χ1) is 10.2. The van der Waals surface area contributed by atoms with Crippen LogP contribution in [0.25, 0.3) is 0 Å². The molecule has 0 unspecified atom stereocenters. The molecule has 5 nitrogen and oxygen atoms in total. The minimum absolute atomic E-state index is 0.139. The second-order valence-electron chi connectivity index (χ2n) is 4.47. The maximum atomic E-state index is 12.2. The average molecular weight is 324 g/mol. The Labute approximate surface area is 132 Å². The third kappa shape index (κ3) is 3.95. The second kappa shape index (κ2) is 7.42. The molecule has 0 aliphatic heterocycles. The number of rotatable bonds is 7. The Kier molecular flexibility index (Phi) is 5.58. The average Bonchev–Trinajstić information content (AvgIpc) is 3.10. The molecule has 0 saturated heterocycles. The highest BCUT2D eigenvalue weighted by Crippen LogP contribution is 2.27.